The molecule has 0 aromatic heterocycles. The molecule has 150 valence electrons. The van der Waals surface area contributed by atoms with Gasteiger partial charge in [0.15, 0.2) is 11.5 Å². The van der Waals surface area contributed by atoms with Crippen LogP contribution in [-0.4, -0.2) is 45.8 Å². The van der Waals surface area contributed by atoms with Gasteiger partial charge in [-0.25, -0.2) is 0 Å². The molecule has 0 aliphatic heterocycles. The van der Waals surface area contributed by atoms with Gasteiger partial charge in [0.1, 0.15) is 6.61 Å². The van der Waals surface area contributed by atoms with Crippen molar-refractivity contribution in [1.82, 2.24) is 5.32 Å². The number of hydrogen-bond donors (Lipinski definition) is 2. The summed E-state index contributed by atoms with van der Waals surface area (Å²) < 4.78 is 16.7. The van der Waals surface area contributed by atoms with E-state index in [2.05, 4.69) is 26.6 Å². The number of carbonyl (C=O) groups is 2. The van der Waals surface area contributed by atoms with Crippen molar-refractivity contribution < 1.29 is 23.8 Å². The second-order valence-electron chi connectivity index (χ2n) is 5.77. The summed E-state index contributed by atoms with van der Waals surface area (Å²) >= 11 is 3.32. The quantitative estimate of drug-likeness (QED) is 0.542. The molecule has 0 radical (unpaired) electrons. The molecule has 8 heteroatoms. The maximum atomic E-state index is 12.1. The largest absolute Gasteiger partial charge is 0.493 e. The van der Waals surface area contributed by atoms with Crippen LogP contribution in [0.25, 0.3) is 0 Å². The molecule has 0 saturated heterocycles. The highest BCUT2D eigenvalue weighted by Crippen LogP contribution is 2.30. The summed E-state index contributed by atoms with van der Waals surface area (Å²) in [5.41, 5.74) is 1.12. The Hall–Kier alpha value is -2.58. The third-order valence-electron chi connectivity index (χ3n) is 3.74. The third kappa shape index (κ3) is 6.86. The summed E-state index contributed by atoms with van der Waals surface area (Å²) in [7, 11) is 3.14. The number of amides is 2. The second kappa shape index (κ2) is 11.3. The molecule has 0 aliphatic carbocycles. The molecule has 0 unspecified atom stereocenters. The second-order valence-corrected chi connectivity index (χ2v) is 6.68. The summed E-state index contributed by atoms with van der Waals surface area (Å²) in [5, 5.41) is 5.51. The molecule has 0 fully saturated rings. The van der Waals surface area contributed by atoms with E-state index in [9.17, 15) is 9.59 Å². The van der Waals surface area contributed by atoms with Gasteiger partial charge < -0.3 is 24.8 Å². The van der Waals surface area contributed by atoms with Crippen LogP contribution in [0.4, 0.5) is 5.69 Å². The minimum Gasteiger partial charge on any atom is -0.493 e. The van der Waals surface area contributed by atoms with E-state index < -0.39 is 0 Å². The topological polar surface area (TPSA) is 85.9 Å². The van der Waals surface area contributed by atoms with Crippen molar-refractivity contribution in [2.24, 2.45) is 0 Å². The predicted molar refractivity (Wildman–Crippen MR) is 110 cm³/mol. The van der Waals surface area contributed by atoms with E-state index in [0.29, 0.717) is 36.0 Å². The van der Waals surface area contributed by atoms with Gasteiger partial charge in [0, 0.05) is 41.9 Å². The molecule has 28 heavy (non-hydrogen) atoms. The number of benzene rings is 2. The van der Waals surface area contributed by atoms with Crippen LogP contribution in [0, 0.1) is 0 Å². The van der Waals surface area contributed by atoms with Crippen LogP contribution in [0.3, 0.4) is 0 Å². The monoisotopic (exact) mass is 450 g/mol. The first-order chi connectivity index (χ1) is 13.5. The van der Waals surface area contributed by atoms with Gasteiger partial charge in [-0.1, -0.05) is 15.9 Å². The van der Waals surface area contributed by atoms with Gasteiger partial charge in [0.05, 0.1) is 13.7 Å². The maximum absolute atomic E-state index is 12.1. The van der Waals surface area contributed by atoms with Gasteiger partial charge in [-0.05, 0) is 36.4 Å². The zero-order valence-electron chi connectivity index (χ0n) is 15.8. The van der Waals surface area contributed by atoms with Gasteiger partial charge >= 0.3 is 0 Å². The Morgan fingerprint density at radius 3 is 2.43 bits per heavy atom. The van der Waals surface area contributed by atoms with Crippen molar-refractivity contribution >= 4 is 33.4 Å². The smallest absolute Gasteiger partial charge is 0.251 e. The van der Waals surface area contributed by atoms with E-state index in [1.807, 2.05) is 0 Å². The zero-order chi connectivity index (χ0) is 20.4. The maximum Gasteiger partial charge on any atom is 0.251 e. The lowest BCUT2D eigenvalue weighted by Gasteiger charge is -2.13. The Balaban J connectivity index is 1.84. The fraction of sp³-hybridized carbons (Fsp3) is 0.300. The first kappa shape index (κ1) is 21.7. The van der Waals surface area contributed by atoms with Crippen LogP contribution in [0.5, 0.6) is 11.5 Å². The van der Waals surface area contributed by atoms with Gasteiger partial charge in [0.25, 0.3) is 5.91 Å². The molecule has 0 atom stereocenters. The van der Waals surface area contributed by atoms with E-state index in [4.69, 9.17) is 14.2 Å². The molecular weight excluding hydrogens is 428 g/mol. The highest BCUT2D eigenvalue weighted by Gasteiger charge is 2.10. The third-order valence-corrected chi connectivity index (χ3v) is 4.27. The van der Waals surface area contributed by atoms with Crippen LogP contribution >= 0.6 is 15.9 Å². The summed E-state index contributed by atoms with van der Waals surface area (Å²) in [4.78, 5) is 24.2. The highest BCUT2D eigenvalue weighted by atomic mass is 79.9. The summed E-state index contributed by atoms with van der Waals surface area (Å²) in [6.07, 6.45) is 0.147. The van der Waals surface area contributed by atoms with Gasteiger partial charge in [0.2, 0.25) is 5.91 Å². The van der Waals surface area contributed by atoms with Crippen LogP contribution in [-0.2, 0) is 9.53 Å². The first-order valence-electron chi connectivity index (χ1n) is 8.67. The van der Waals surface area contributed by atoms with E-state index in [-0.39, 0.29) is 24.8 Å². The lowest BCUT2D eigenvalue weighted by atomic mass is 10.2. The lowest BCUT2D eigenvalue weighted by Crippen LogP contribution is -2.27. The van der Waals surface area contributed by atoms with Crippen molar-refractivity contribution in [1.29, 1.82) is 0 Å². The van der Waals surface area contributed by atoms with E-state index in [1.165, 1.54) is 0 Å². The van der Waals surface area contributed by atoms with Crippen molar-refractivity contribution in [2.75, 3.05) is 39.3 Å². The van der Waals surface area contributed by atoms with Crippen molar-refractivity contribution in [3.8, 4) is 11.5 Å². The molecule has 2 N–H and O–H groups in total. The predicted octanol–water partition coefficient (Wildman–Crippen LogP) is 3.24. The minimum atomic E-state index is -0.224. The highest BCUT2D eigenvalue weighted by molar-refractivity contribution is 9.10. The van der Waals surface area contributed by atoms with E-state index in [1.54, 1.807) is 56.7 Å². The molecule has 0 heterocycles. The molecular formula is C20H23BrN2O5. The van der Waals surface area contributed by atoms with Gasteiger partial charge in [-0.15, -0.1) is 0 Å². The summed E-state index contributed by atoms with van der Waals surface area (Å²) in [6.45, 7) is 1.04. The van der Waals surface area contributed by atoms with E-state index >= 15 is 0 Å². The summed E-state index contributed by atoms with van der Waals surface area (Å²) in [5.74, 6) is 0.638. The molecule has 0 saturated carbocycles. The number of carbonyl (C=O) groups excluding carboxylic acids is 2. The average Bonchev–Trinajstić information content (AvgIpc) is 2.69. The number of halogens is 1. The number of anilines is 1. The minimum absolute atomic E-state index is 0.147. The SMILES string of the molecule is COCCOc1cc(NC(=O)CCNC(=O)c2ccc(Br)cc2)ccc1OC. The van der Waals surface area contributed by atoms with Gasteiger partial charge in [-0.3, -0.25) is 9.59 Å². The van der Waals surface area contributed by atoms with Crippen LogP contribution < -0.4 is 20.1 Å². The Morgan fingerprint density at radius 1 is 1.00 bits per heavy atom. The zero-order valence-corrected chi connectivity index (χ0v) is 17.4. The fourth-order valence-electron chi connectivity index (χ4n) is 2.32. The molecule has 2 amide bonds. The van der Waals surface area contributed by atoms with Gasteiger partial charge in [-0.2, -0.15) is 0 Å². The normalized spacial score (nSPS) is 10.2. The van der Waals surface area contributed by atoms with Crippen LogP contribution in [0.1, 0.15) is 16.8 Å². The number of rotatable bonds is 10. The number of ether oxygens (including phenoxy) is 3. The summed E-state index contributed by atoms with van der Waals surface area (Å²) in [6, 6.07) is 12.1. The van der Waals surface area contributed by atoms with Crippen LogP contribution in [0.2, 0.25) is 0 Å². The van der Waals surface area contributed by atoms with Crippen molar-refractivity contribution in [2.45, 2.75) is 6.42 Å². The first-order valence-corrected chi connectivity index (χ1v) is 9.46. The fourth-order valence-corrected chi connectivity index (χ4v) is 2.58. The van der Waals surface area contributed by atoms with E-state index in [0.717, 1.165) is 4.47 Å². The molecule has 7 nitrogen and oxygen atoms in total. The Kier molecular flexibility index (Phi) is 8.77. The molecule has 2 aromatic carbocycles. The Bertz CT molecular complexity index is 796. The molecule has 2 aromatic rings. The number of nitrogens with one attached hydrogen (secondary N) is 2. The molecule has 0 bridgehead atoms. The number of methoxy groups -OCH3 is 2. The van der Waals surface area contributed by atoms with Crippen molar-refractivity contribution in [3.63, 3.8) is 0 Å². The Morgan fingerprint density at radius 2 is 1.75 bits per heavy atom. The molecule has 2 rings (SSSR count). The molecule has 0 aliphatic rings. The average molecular weight is 451 g/mol. The number of hydrogen-bond acceptors (Lipinski definition) is 5. The Labute approximate surface area is 172 Å². The lowest BCUT2D eigenvalue weighted by molar-refractivity contribution is -0.116. The van der Waals surface area contributed by atoms with Crippen molar-refractivity contribution in [3.05, 3.63) is 52.5 Å². The van der Waals surface area contributed by atoms with Crippen LogP contribution in [0.15, 0.2) is 46.9 Å². The molecule has 0 spiro atoms. The standard InChI is InChI=1S/C20H23BrN2O5/c1-26-11-12-28-18-13-16(7-8-17(18)27-2)23-19(24)9-10-22-20(25)14-3-5-15(21)6-4-14/h3-8,13H,9-12H2,1-2H3,(H,22,25)(H,23,24).